The largest absolute Gasteiger partial charge is 0.378 e. The third-order valence-corrected chi connectivity index (χ3v) is 9.55. The van der Waals surface area contributed by atoms with Gasteiger partial charge in [0.15, 0.2) is 5.65 Å². The number of hydrogen-bond acceptors (Lipinski definition) is 6. The van der Waals surface area contributed by atoms with Crippen LogP contribution in [0.5, 0.6) is 0 Å². The van der Waals surface area contributed by atoms with E-state index in [4.69, 9.17) is 37.9 Å². The summed E-state index contributed by atoms with van der Waals surface area (Å²) in [6.45, 7) is 13.4. The predicted octanol–water partition coefficient (Wildman–Crippen LogP) is 6.16. The van der Waals surface area contributed by atoms with Gasteiger partial charge in [-0.05, 0) is 61.8 Å². The monoisotopic (exact) mass is 642 g/mol. The van der Waals surface area contributed by atoms with Gasteiger partial charge in [0.1, 0.15) is 17.2 Å². The predicted molar refractivity (Wildman–Crippen MR) is 176 cm³/mol. The van der Waals surface area contributed by atoms with E-state index in [1.54, 1.807) is 0 Å². The van der Waals surface area contributed by atoms with Crippen molar-refractivity contribution in [1.29, 1.82) is 0 Å². The molecule has 5 rings (SSSR count). The second kappa shape index (κ2) is 13.6. The molecule has 9 nitrogen and oxygen atoms in total. The normalized spacial score (nSPS) is 19.3. The smallest absolute Gasteiger partial charge is 0.255 e. The van der Waals surface area contributed by atoms with Crippen molar-refractivity contribution in [3.05, 3.63) is 50.8 Å². The molecule has 0 bridgehead atoms. The molecule has 2 amide bonds. The lowest BCUT2D eigenvalue weighted by atomic mass is 9.87. The number of fused-ring (bicyclic) bond motifs is 1. The van der Waals surface area contributed by atoms with E-state index in [-0.39, 0.29) is 17.9 Å². The number of nitrogens with zero attached hydrogens (tertiary/aromatic N) is 4. The molecule has 3 heterocycles. The van der Waals surface area contributed by atoms with Gasteiger partial charge in [-0.2, -0.15) is 0 Å². The molecule has 2 N–H and O–H groups in total. The molecule has 2 aromatic heterocycles. The minimum atomic E-state index is -0.508. The molecule has 2 aliphatic rings. The van der Waals surface area contributed by atoms with Crippen LogP contribution in [0.4, 0.5) is 5.82 Å². The molecule has 238 valence electrons. The number of aryl methyl sites for hydroxylation is 1. The van der Waals surface area contributed by atoms with Crippen molar-refractivity contribution in [3.8, 4) is 0 Å². The first-order valence-corrected chi connectivity index (χ1v) is 16.5. The molecule has 0 atom stereocenters. The van der Waals surface area contributed by atoms with E-state index in [1.807, 2.05) is 45.9 Å². The van der Waals surface area contributed by atoms with Crippen molar-refractivity contribution in [2.24, 2.45) is 11.3 Å². The summed E-state index contributed by atoms with van der Waals surface area (Å²) < 4.78 is 7.66. The second-order valence-corrected chi connectivity index (χ2v) is 13.9. The first-order chi connectivity index (χ1) is 21.0. The number of hydrogen-bond donors (Lipinski definition) is 2. The lowest BCUT2D eigenvalue weighted by Crippen LogP contribution is -2.41. The maximum atomic E-state index is 13.7. The number of nitrogens with one attached hydrogen (secondary N) is 2. The Balaban J connectivity index is 1.49. The van der Waals surface area contributed by atoms with Crippen molar-refractivity contribution in [2.45, 2.75) is 85.9 Å². The van der Waals surface area contributed by atoms with Crippen molar-refractivity contribution in [1.82, 2.24) is 25.2 Å². The SMILES string of the molecule is CCn1c(Cc2c(Cl)ccc(CNC(=O)C(C)(C)C)c2Cl)nc2cc(C(=O)NC3CCC(C)CC3)c(N3CCOCC3)nc21. The van der Waals surface area contributed by atoms with Crippen molar-refractivity contribution in [2.75, 3.05) is 31.2 Å². The molecule has 0 radical (unpaired) electrons. The van der Waals surface area contributed by atoms with Gasteiger partial charge in [0, 0.05) is 49.1 Å². The van der Waals surface area contributed by atoms with Gasteiger partial charge in [0.2, 0.25) is 5.91 Å². The Bertz CT molecular complexity index is 1520. The highest BCUT2D eigenvalue weighted by Gasteiger charge is 2.27. The number of aromatic nitrogens is 3. The average Bonchev–Trinajstić information content (AvgIpc) is 3.35. The number of amides is 2. The Morgan fingerprint density at radius 3 is 2.43 bits per heavy atom. The summed E-state index contributed by atoms with van der Waals surface area (Å²) in [5.41, 5.74) is 2.92. The van der Waals surface area contributed by atoms with Crippen molar-refractivity contribution in [3.63, 3.8) is 0 Å². The zero-order valence-electron chi connectivity index (χ0n) is 26.4. The first-order valence-electron chi connectivity index (χ1n) is 15.7. The number of pyridine rings is 1. The molecule has 1 aliphatic heterocycles. The van der Waals surface area contributed by atoms with E-state index >= 15 is 0 Å². The van der Waals surface area contributed by atoms with Gasteiger partial charge in [0.25, 0.3) is 5.91 Å². The van der Waals surface area contributed by atoms with Crippen LogP contribution in [0.3, 0.4) is 0 Å². The Kier molecular flexibility index (Phi) is 10.1. The highest BCUT2D eigenvalue weighted by Crippen LogP contribution is 2.33. The van der Waals surface area contributed by atoms with E-state index in [1.165, 1.54) is 0 Å². The first kappa shape index (κ1) is 32.5. The minimum Gasteiger partial charge on any atom is -0.378 e. The maximum Gasteiger partial charge on any atom is 0.255 e. The Labute approximate surface area is 270 Å². The topological polar surface area (TPSA) is 101 Å². The highest BCUT2D eigenvalue weighted by molar-refractivity contribution is 6.36. The van der Waals surface area contributed by atoms with Gasteiger partial charge in [-0.25, -0.2) is 9.97 Å². The molecule has 44 heavy (non-hydrogen) atoms. The van der Waals surface area contributed by atoms with Gasteiger partial charge < -0.3 is 24.8 Å². The van der Waals surface area contributed by atoms with Crippen LogP contribution in [0.25, 0.3) is 11.2 Å². The number of anilines is 1. The summed E-state index contributed by atoms with van der Waals surface area (Å²) in [5, 5.41) is 7.29. The molecule has 2 fully saturated rings. The molecule has 0 unspecified atom stereocenters. The number of ether oxygens (including phenoxy) is 1. The van der Waals surface area contributed by atoms with E-state index in [0.717, 1.165) is 42.6 Å². The fourth-order valence-electron chi connectivity index (χ4n) is 5.95. The fraction of sp³-hybridized carbons (Fsp3) is 0.576. The van der Waals surface area contributed by atoms with Gasteiger partial charge in [-0.3, -0.25) is 9.59 Å². The molecule has 0 spiro atoms. The van der Waals surface area contributed by atoms with Crippen LogP contribution in [0.2, 0.25) is 10.0 Å². The zero-order valence-corrected chi connectivity index (χ0v) is 27.9. The van der Waals surface area contributed by atoms with Crippen LogP contribution in [-0.2, 0) is 29.0 Å². The van der Waals surface area contributed by atoms with Crippen LogP contribution in [-0.4, -0.2) is 58.7 Å². The summed E-state index contributed by atoms with van der Waals surface area (Å²) in [7, 11) is 0. The minimum absolute atomic E-state index is 0.0575. The van der Waals surface area contributed by atoms with Crippen LogP contribution in [0, 0.1) is 11.3 Å². The van der Waals surface area contributed by atoms with Crippen LogP contribution < -0.4 is 15.5 Å². The van der Waals surface area contributed by atoms with Crippen molar-refractivity contribution >= 4 is 52.0 Å². The summed E-state index contributed by atoms with van der Waals surface area (Å²) in [6.07, 6.45) is 4.60. The van der Waals surface area contributed by atoms with Gasteiger partial charge in [0.05, 0.1) is 23.8 Å². The summed E-state index contributed by atoms with van der Waals surface area (Å²) >= 11 is 13.6. The Morgan fingerprint density at radius 2 is 1.77 bits per heavy atom. The van der Waals surface area contributed by atoms with Crippen molar-refractivity contribution < 1.29 is 14.3 Å². The van der Waals surface area contributed by atoms with E-state index in [0.29, 0.717) is 84.3 Å². The third-order valence-electron chi connectivity index (χ3n) is 8.72. The number of imidazole rings is 1. The summed E-state index contributed by atoms with van der Waals surface area (Å²) in [4.78, 5) is 38.4. The number of halogens is 2. The number of carbonyl (C=O) groups excluding carboxylic acids is 2. The van der Waals surface area contributed by atoms with Crippen LogP contribution >= 0.6 is 23.2 Å². The molecule has 3 aromatic rings. The molecule has 1 saturated carbocycles. The van der Waals surface area contributed by atoms with Crippen LogP contribution in [0.1, 0.15) is 87.6 Å². The standard InChI is InChI=1S/C33H44Cl2N6O3/c1-6-41-27(18-23-25(34)12-9-21(28(23)35)19-36-32(43)33(3,4)5)38-26-17-24(31(42)37-22-10-7-20(2)8-11-22)29(39-30(26)41)40-13-15-44-16-14-40/h9,12,17,20,22H,6-8,10-11,13-16,18-19H2,1-5H3,(H,36,43)(H,37,42). The zero-order chi connectivity index (χ0) is 31.6. The quantitative estimate of drug-likeness (QED) is 0.305. The molecule has 11 heteroatoms. The van der Waals surface area contributed by atoms with E-state index in [2.05, 4.69) is 27.0 Å². The summed E-state index contributed by atoms with van der Waals surface area (Å²) in [6, 6.07) is 5.70. The third kappa shape index (κ3) is 7.16. The van der Waals surface area contributed by atoms with Gasteiger partial charge in [-0.15, -0.1) is 0 Å². The number of benzene rings is 1. The molecular weight excluding hydrogens is 599 g/mol. The van der Waals surface area contributed by atoms with Gasteiger partial charge in [-0.1, -0.05) is 57.0 Å². The Hall–Kier alpha value is -2.88. The molecule has 1 aliphatic carbocycles. The lowest BCUT2D eigenvalue weighted by Gasteiger charge is -2.30. The van der Waals surface area contributed by atoms with Crippen LogP contribution in [0.15, 0.2) is 18.2 Å². The molecule has 1 saturated heterocycles. The van der Waals surface area contributed by atoms with E-state index < -0.39 is 5.41 Å². The number of carbonyl (C=O) groups is 2. The maximum absolute atomic E-state index is 13.7. The second-order valence-electron chi connectivity index (χ2n) is 13.1. The van der Waals surface area contributed by atoms with E-state index in [9.17, 15) is 9.59 Å². The number of morpholine rings is 1. The number of rotatable bonds is 8. The fourth-order valence-corrected chi connectivity index (χ4v) is 6.52. The highest BCUT2D eigenvalue weighted by atomic mass is 35.5. The molecular formula is C33H44Cl2N6O3. The summed E-state index contributed by atoms with van der Waals surface area (Å²) in [5.74, 6) is 1.95. The lowest BCUT2D eigenvalue weighted by molar-refractivity contribution is -0.128. The average molecular weight is 644 g/mol. The Morgan fingerprint density at radius 1 is 1.07 bits per heavy atom. The molecule has 1 aromatic carbocycles. The van der Waals surface area contributed by atoms with Gasteiger partial charge >= 0.3 is 0 Å².